The van der Waals surface area contributed by atoms with Crippen LogP contribution in [0, 0.1) is 6.92 Å². The summed E-state index contributed by atoms with van der Waals surface area (Å²) in [4.78, 5) is 32.8. The van der Waals surface area contributed by atoms with Crippen LogP contribution in [0.15, 0.2) is 37.1 Å². The smallest absolute Gasteiger partial charge is 0.245 e. The first-order chi connectivity index (χ1) is 14.5. The van der Waals surface area contributed by atoms with Crippen LogP contribution in [0.2, 0.25) is 0 Å². The van der Waals surface area contributed by atoms with Crippen molar-refractivity contribution in [1.29, 1.82) is 0 Å². The molecule has 3 aliphatic rings. The Morgan fingerprint density at radius 1 is 1.20 bits per heavy atom. The topological polar surface area (TPSA) is 74.9 Å². The van der Waals surface area contributed by atoms with E-state index in [1.165, 1.54) is 4.90 Å². The Balaban J connectivity index is 1.73. The Morgan fingerprint density at radius 3 is 2.73 bits per heavy atom. The molecule has 1 unspecified atom stereocenters. The van der Waals surface area contributed by atoms with Crippen LogP contribution in [-0.2, 0) is 16.0 Å². The number of aryl methyl sites for hydroxylation is 1. The van der Waals surface area contributed by atoms with E-state index in [1.54, 1.807) is 18.0 Å². The van der Waals surface area contributed by atoms with Crippen LogP contribution in [-0.4, -0.2) is 53.0 Å². The van der Waals surface area contributed by atoms with Gasteiger partial charge in [0.05, 0.1) is 12.6 Å². The number of nitrogens with zero attached hydrogens (tertiary/aromatic N) is 2. The number of piperazine rings is 1. The average Bonchev–Trinajstić information content (AvgIpc) is 3.33. The molecule has 1 N–H and O–H groups in total. The monoisotopic (exact) mass is 405 g/mol. The van der Waals surface area contributed by atoms with Crippen molar-refractivity contribution in [2.75, 3.05) is 20.4 Å². The van der Waals surface area contributed by atoms with Crippen molar-refractivity contribution in [3.8, 4) is 11.5 Å². The molecule has 0 aliphatic carbocycles. The van der Waals surface area contributed by atoms with Crippen molar-refractivity contribution in [2.24, 2.45) is 0 Å². The van der Waals surface area contributed by atoms with Gasteiger partial charge in [0.25, 0.3) is 0 Å². The van der Waals surface area contributed by atoms with Crippen molar-refractivity contribution in [1.82, 2.24) is 14.8 Å². The molecule has 1 fully saturated rings. The molecule has 5 rings (SSSR count). The lowest BCUT2D eigenvalue weighted by Crippen LogP contribution is -2.62. The van der Waals surface area contributed by atoms with Crippen molar-refractivity contribution < 1.29 is 19.1 Å². The standard InChI is InChI=1S/C23H23N3O4/c1-4-5-6-15-13(2)24-10-17(15)22-16-9-20-19(29-12-30-20)8-14(16)7-18-23(28)25(3)11-21(27)26(18)22/h4-6,8-10,18,22,24H,1,7,11-12H2,2-3H3/b6-5-/t18?,22-/m0/s1. The van der Waals surface area contributed by atoms with Gasteiger partial charge in [0.15, 0.2) is 11.5 Å². The summed E-state index contributed by atoms with van der Waals surface area (Å²) >= 11 is 0. The fraction of sp³-hybridized carbons (Fsp3) is 0.304. The summed E-state index contributed by atoms with van der Waals surface area (Å²) in [7, 11) is 1.68. The molecule has 0 spiro atoms. The zero-order valence-electron chi connectivity index (χ0n) is 17.0. The number of fused-ring (bicyclic) bond motifs is 3. The van der Waals surface area contributed by atoms with Gasteiger partial charge in [-0.25, -0.2) is 0 Å². The number of hydrogen-bond donors (Lipinski definition) is 1. The lowest BCUT2D eigenvalue weighted by atomic mass is 9.82. The molecule has 7 nitrogen and oxygen atoms in total. The maximum atomic E-state index is 13.2. The number of nitrogens with one attached hydrogen (secondary N) is 1. The van der Waals surface area contributed by atoms with E-state index in [9.17, 15) is 9.59 Å². The lowest BCUT2D eigenvalue weighted by Gasteiger charge is -2.47. The number of allylic oxidation sites excluding steroid dienone is 2. The number of rotatable bonds is 3. The van der Waals surface area contributed by atoms with Crippen LogP contribution < -0.4 is 9.47 Å². The molecule has 1 aromatic heterocycles. The summed E-state index contributed by atoms with van der Waals surface area (Å²) in [6.07, 6.45) is 7.95. The Labute approximate surface area is 174 Å². The van der Waals surface area contributed by atoms with E-state index in [4.69, 9.17) is 9.47 Å². The number of H-pyrrole nitrogens is 1. The summed E-state index contributed by atoms with van der Waals surface area (Å²) in [6, 6.07) is 2.97. The predicted molar refractivity (Wildman–Crippen MR) is 111 cm³/mol. The summed E-state index contributed by atoms with van der Waals surface area (Å²) in [6.45, 7) is 6.00. The fourth-order valence-corrected chi connectivity index (χ4v) is 4.70. The molecule has 7 heteroatoms. The van der Waals surface area contributed by atoms with E-state index in [2.05, 4.69) is 11.6 Å². The normalized spacial score (nSPS) is 22.5. The Bertz CT molecular complexity index is 1100. The molecule has 0 bridgehead atoms. The van der Waals surface area contributed by atoms with Crippen LogP contribution in [0.25, 0.3) is 6.08 Å². The maximum absolute atomic E-state index is 13.2. The van der Waals surface area contributed by atoms with Crippen LogP contribution >= 0.6 is 0 Å². The van der Waals surface area contributed by atoms with Gasteiger partial charge < -0.3 is 24.3 Å². The van der Waals surface area contributed by atoms with Crippen LogP contribution in [0.3, 0.4) is 0 Å². The van der Waals surface area contributed by atoms with Gasteiger partial charge in [-0.05, 0) is 30.2 Å². The highest BCUT2D eigenvalue weighted by Crippen LogP contribution is 2.46. The minimum atomic E-state index is -0.541. The summed E-state index contributed by atoms with van der Waals surface area (Å²) in [5.41, 5.74) is 4.89. The van der Waals surface area contributed by atoms with Gasteiger partial charge >= 0.3 is 0 Å². The highest BCUT2D eigenvalue weighted by Gasteiger charge is 2.47. The second-order valence-electron chi connectivity index (χ2n) is 7.90. The van der Waals surface area contributed by atoms with E-state index in [1.807, 2.05) is 37.4 Å². The summed E-state index contributed by atoms with van der Waals surface area (Å²) in [5.74, 6) is 1.24. The number of likely N-dealkylation sites (N-methyl/N-ethyl adjacent to an activating group) is 1. The number of benzene rings is 1. The minimum Gasteiger partial charge on any atom is -0.454 e. The van der Waals surface area contributed by atoms with E-state index in [0.717, 1.165) is 27.9 Å². The third kappa shape index (κ3) is 2.65. The first-order valence-electron chi connectivity index (χ1n) is 9.95. The second-order valence-corrected chi connectivity index (χ2v) is 7.90. The third-order valence-electron chi connectivity index (χ3n) is 6.13. The first-order valence-corrected chi connectivity index (χ1v) is 9.95. The van der Waals surface area contributed by atoms with Gasteiger partial charge in [-0.15, -0.1) is 0 Å². The SMILES string of the molecule is C=C/C=C\c1c([C@@H]2c3cc4c(cc3CC3C(=O)N(C)CC(=O)N32)OCO4)c[nH]c1C. The number of amides is 2. The van der Waals surface area contributed by atoms with Crippen LogP contribution in [0.4, 0.5) is 0 Å². The second kappa shape index (κ2) is 6.79. The van der Waals surface area contributed by atoms with Gasteiger partial charge in [-0.1, -0.05) is 24.8 Å². The highest BCUT2D eigenvalue weighted by atomic mass is 16.7. The van der Waals surface area contributed by atoms with Crippen LogP contribution in [0.5, 0.6) is 11.5 Å². The molecular formula is C23H23N3O4. The molecule has 154 valence electrons. The van der Waals surface area contributed by atoms with E-state index >= 15 is 0 Å². The molecule has 2 atom stereocenters. The molecular weight excluding hydrogens is 382 g/mol. The molecule has 1 saturated heterocycles. The predicted octanol–water partition coefficient (Wildman–Crippen LogP) is 2.57. The Hall–Kier alpha value is -3.48. The molecule has 0 radical (unpaired) electrons. The van der Waals surface area contributed by atoms with Crippen molar-refractivity contribution in [2.45, 2.75) is 25.4 Å². The summed E-state index contributed by atoms with van der Waals surface area (Å²) in [5, 5.41) is 0. The van der Waals surface area contributed by atoms with Crippen molar-refractivity contribution >= 4 is 17.9 Å². The zero-order chi connectivity index (χ0) is 21.0. The number of ether oxygens (including phenoxy) is 2. The molecule has 0 saturated carbocycles. The van der Waals surface area contributed by atoms with Gasteiger partial charge in [-0.3, -0.25) is 9.59 Å². The number of carbonyl (C=O) groups is 2. The van der Waals surface area contributed by atoms with Gasteiger partial charge in [0.2, 0.25) is 18.6 Å². The number of aromatic amines is 1. The molecule has 30 heavy (non-hydrogen) atoms. The van der Waals surface area contributed by atoms with Crippen LogP contribution in [0.1, 0.15) is 34.0 Å². The van der Waals surface area contributed by atoms with E-state index in [-0.39, 0.29) is 25.2 Å². The molecule has 3 aliphatic heterocycles. The third-order valence-corrected chi connectivity index (χ3v) is 6.13. The van der Waals surface area contributed by atoms with E-state index < -0.39 is 12.1 Å². The Kier molecular flexibility index (Phi) is 4.20. The number of hydrogen-bond acceptors (Lipinski definition) is 4. The quantitative estimate of drug-likeness (QED) is 0.797. The van der Waals surface area contributed by atoms with Gasteiger partial charge in [0, 0.05) is 36.5 Å². The number of aromatic nitrogens is 1. The zero-order valence-corrected chi connectivity index (χ0v) is 17.0. The molecule has 1 aromatic carbocycles. The van der Waals surface area contributed by atoms with Gasteiger partial charge in [-0.2, -0.15) is 0 Å². The number of carbonyl (C=O) groups excluding carboxylic acids is 2. The largest absolute Gasteiger partial charge is 0.454 e. The van der Waals surface area contributed by atoms with Gasteiger partial charge in [0.1, 0.15) is 6.04 Å². The molecule has 4 heterocycles. The fourth-order valence-electron chi connectivity index (χ4n) is 4.70. The Morgan fingerprint density at radius 2 is 1.97 bits per heavy atom. The summed E-state index contributed by atoms with van der Waals surface area (Å²) < 4.78 is 11.2. The van der Waals surface area contributed by atoms with Crippen molar-refractivity contribution in [3.05, 3.63) is 65.0 Å². The minimum absolute atomic E-state index is 0.0432. The molecule has 2 aromatic rings. The first kappa shape index (κ1) is 18.5. The van der Waals surface area contributed by atoms with E-state index in [0.29, 0.717) is 17.9 Å². The highest BCUT2D eigenvalue weighted by molar-refractivity contribution is 5.96. The lowest BCUT2D eigenvalue weighted by molar-refractivity contribution is -0.157. The maximum Gasteiger partial charge on any atom is 0.245 e. The molecule has 2 amide bonds. The average molecular weight is 405 g/mol. The van der Waals surface area contributed by atoms with Crippen molar-refractivity contribution in [3.63, 3.8) is 0 Å².